The maximum Gasteiger partial charge on any atom is 0.465 e. The van der Waals surface area contributed by atoms with Gasteiger partial charge in [0.25, 0.3) is 0 Å². The van der Waals surface area contributed by atoms with E-state index in [2.05, 4.69) is 4.74 Å². The maximum absolute atomic E-state index is 13.1. The fraction of sp³-hybridized carbons (Fsp3) is 0.917. The maximum atomic E-state index is 13.1. The van der Waals surface area contributed by atoms with Gasteiger partial charge in [0, 0.05) is 5.41 Å². The van der Waals surface area contributed by atoms with Gasteiger partial charge in [-0.25, -0.2) is 4.79 Å². The van der Waals surface area contributed by atoms with Crippen molar-refractivity contribution in [2.45, 2.75) is 36.5 Å². The van der Waals surface area contributed by atoms with Crippen LogP contribution < -0.4 is 0 Å². The Labute approximate surface area is 119 Å². The van der Waals surface area contributed by atoms with E-state index in [1.165, 1.54) is 0 Å². The minimum Gasteiger partial charge on any atom is -0.460 e. The zero-order valence-electron chi connectivity index (χ0n) is 10.9. The van der Waals surface area contributed by atoms with Crippen LogP contribution in [0.3, 0.4) is 0 Å². The number of halogens is 2. The molecule has 0 aromatic heterocycles. The first-order valence-corrected chi connectivity index (χ1v) is 8.16. The van der Waals surface area contributed by atoms with Crippen LogP contribution in [0.25, 0.3) is 0 Å². The lowest BCUT2D eigenvalue weighted by Crippen LogP contribution is -2.61. The van der Waals surface area contributed by atoms with Gasteiger partial charge < -0.3 is 9.84 Å². The van der Waals surface area contributed by atoms with E-state index in [0.29, 0.717) is 25.2 Å². The molecule has 0 aromatic carbocycles. The SMILES string of the molecule is O=C(OCC12CC3(O)CC4CC1(C2)C43)C(F)(F)S(=O)(=O)O. The summed E-state index contributed by atoms with van der Waals surface area (Å²) >= 11 is 0. The lowest BCUT2D eigenvalue weighted by atomic mass is 9.46. The Morgan fingerprint density at radius 2 is 2.00 bits per heavy atom. The molecule has 4 rings (SSSR count). The first-order valence-electron chi connectivity index (χ1n) is 6.72. The number of carbonyl (C=O) groups excluding carboxylic acids is 1. The quantitative estimate of drug-likeness (QED) is 0.579. The van der Waals surface area contributed by atoms with Gasteiger partial charge in [-0.05, 0) is 42.9 Å². The molecule has 4 aliphatic carbocycles. The van der Waals surface area contributed by atoms with Crippen LogP contribution in [0.15, 0.2) is 0 Å². The Balaban J connectivity index is 1.47. The predicted octanol–water partition coefficient (Wildman–Crippen LogP) is 0.561. The van der Waals surface area contributed by atoms with Gasteiger partial charge in [-0.1, -0.05) is 0 Å². The second-order valence-corrected chi connectivity index (χ2v) is 8.57. The van der Waals surface area contributed by atoms with Crippen molar-refractivity contribution >= 4 is 16.1 Å². The molecule has 118 valence electrons. The van der Waals surface area contributed by atoms with Crippen molar-refractivity contribution in [1.29, 1.82) is 0 Å². The second kappa shape index (κ2) is 3.26. The molecule has 21 heavy (non-hydrogen) atoms. The van der Waals surface area contributed by atoms with Crippen LogP contribution in [0.1, 0.15) is 25.7 Å². The number of rotatable bonds is 4. The molecule has 6 nitrogen and oxygen atoms in total. The molecule has 1 spiro atoms. The van der Waals surface area contributed by atoms with Crippen molar-refractivity contribution in [3.63, 3.8) is 0 Å². The monoisotopic (exact) mass is 324 g/mol. The predicted molar refractivity (Wildman–Crippen MR) is 62.7 cm³/mol. The molecular formula is C12H14F2O6S. The summed E-state index contributed by atoms with van der Waals surface area (Å²) in [5, 5.41) is 5.39. The van der Waals surface area contributed by atoms with Gasteiger partial charge in [-0.3, -0.25) is 4.55 Å². The van der Waals surface area contributed by atoms with E-state index in [-0.39, 0.29) is 17.9 Å². The summed E-state index contributed by atoms with van der Waals surface area (Å²) in [4.78, 5) is 11.2. The Kier molecular flexibility index (Phi) is 2.14. The van der Waals surface area contributed by atoms with E-state index >= 15 is 0 Å². The molecule has 0 aliphatic heterocycles. The van der Waals surface area contributed by atoms with Crippen molar-refractivity contribution in [2.24, 2.45) is 22.7 Å². The zero-order chi connectivity index (χ0) is 15.5. The highest BCUT2D eigenvalue weighted by Gasteiger charge is 2.90. The fourth-order valence-electron chi connectivity index (χ4n) is 5.50. The van der Waals surface area contributed by atoms with Crippen LogP contribution in [0, 0.1) is 22.7 Å². The first kappa shape index (κ1) is 13.8. The lowest BCUT2D eigenvalue weighted by molar-refractivity contribution is -0.205. The number of hydrogen-bond acceptors (Lipinski definition) is 5. The highest BCUT2D eigenvalue weighted by atomic mass is 32.2. The molecule has 0 radical (unpaired) electrons. The van der Waals surface area contributed by atoms with E-state index < -0.39 is 32.4 Å². The number of esters is 1. The van der Waals surface area contributed by atoms with Crippen molar-refractivity contribution in [3.05, 3.63) is 0 Å². The standard InChI is InChI=1S/C12H14F2O6S/c13-12(14,21(17,18)19)8(15)20-5-9-3-10(9)1-6-2-11(16,4-9)7(6)10/h6-7,16H,1-5H2,(H,17,18,19). The van der Waals surface area contributed by atoms with Gasteiger partial charge in [-0.2, -0.15) is 17.2 Å². The highest BCUT2D eigenvalue weighted by molar-refractivity contribution is 7.87. The summed E-state index contributed by atoms with van der Waals surface area (Å²) in [6.45, 7) is -0.331. The summed E-state index contributed by atoms with van der Waals surface area (Å²) in [7, 11) is -5.84. The molecule has 5 unspecified atom stereocenters. The molecule has 0 amide bonds. The van der Waals surface area contributed by atoms with E-state index in [0.717, 1.165) is 6.42 Å². The number of ether oxygens (including phenoxy) is 1. The van der Waals surface area contributed by atoms with Gasteiger partial charge in [-0.15, -0.1) is 0 Å². The van der Waals surface area contributed by atoms with E-state index in [1.54, 1.807) is 0 Å². The van der Waals surface area contributed by atoms with Crippen LogP contribution in [0.5, 0.6) is 0 Å². The summed E-state index contributed by atoms with van der Waals surface area (Å²) in [5.74, 6) is -1.61. The average molecular weight is 324 g/mol. The minimum atomic E-state index is -5.84. The van der Waals surface area contributed by atoms with Gasteiger partial charge >= 0.3 is 21.3 Å². The number of aliphatic hydroxyl groups is 1. The molecule has 0 saturated heterocycles. The van der Waals surface area contributed by atoms with Crippen LogP contribution >= 0.6 is 0 Å². The third-order valence-corrected chi connectivity index (χ3v) is 6.97. The van der Waals surface area contributed by atoms with Gasteiger partial charge in [0.1, 0.15) is 0 Å². The molecule has 5 atom stereocenters. The van der Waals surface area contributed by atoms with Crippen LogP contribution in [-0.4, -0.2) is 41.5 Å². The molecular weight excluding hydrogens is 310 g/mol. The fourth-order valence-corrected chi connectivity index (χ4v) is 5.77. The third-order valence-electron chi connectivity index (χ3n) is 6.16. The highest BCUT2D eigenvalue weighted by Crippen LogP contribution is 2.92. The number of alkyl halides is 2. The topological polar surface area (TPSA) is 101 Å². The van der Waals surface area contributed by atoms with E-state index in [4.69, 9.17) is 4.55 Å². The Morgan fingerprint density at radius 1 is 1.33 bits per heavy atom. The largest absolute Gasteiger partial charge is 0.465 e. The number of carbonyl (C=O) groups is 1. The Morgan fingerprint density at radius 3 is 2.52 bits per heavy atom. The lowest BCUT2D eigenvalue weighted by Gasteiger charge is -2.61. The zero-order valence-corrected chi connectivity index (χ0v) is 11.7. The second-order valence-electron chi connectivity index (χ2n) is 7.11. The van der Waals surface area contributed by atoms with Crippen molar-refractivity contribution in [3.8, 4) is 0 Å². The Hall–Kier alpha value is -0.800. The molecule has 0 aromatic rings. The van der Waals surface area contributed by atoms with Crippen LogP contribution in [0.2, 0.25) is 0 Å². The van der Waals surface area contributed by atoms with Gasteiger partial charge in [0.2, 0.25) is 0 Å². The summed E-state index contributed by atoms with van der Waals surface area (Å²) in [5.41, 5.74) is -1.37. The normalized spacial score (nSPS) is 49.5. The molecule has 0 bridgehead atoms. The average Bonchev–Trinajstić information content (AvgIpc) is 2.89. The van der Waals surface area contributed by atoms with E-state index in [9.17, 15) is 27.1 Å². The Bertz CT molecular complexity index is 663. The molecule has 0 heterocycles. The number of hydrogen-bond donors (Lipinski definition) is 2. The van der Waals surface area contributed by atoms with Crippen molar-refractivity contribution in [1.82, 2.24) is 0 Å². The third kappa shape index (κ3) is 1.34. The summed E-state index contributed by atoms with van der Waals surface area (Å²) < 4.78 is 60.0. The molecule has 4 fully saturated rings. The van der Waals surface area contributed by atoms with E-state index in [1.807, 2.05) is 0 Å². The molecule has 4 aliphatic rings. The van der Waals surface area contributed by atoms with Gasteiger partial charge in [0.05, 0.1) is 12.2 Å². The van der Waals surface area contributed by atoms with Crippen molar-refractivity contribution in [2.75, 3.05) is 6.61 Å². The minimum absolute atomic E-state index is 0.113. The molecule has 2 N–H and O–H groups in total. The summed E-state index contributed by atoms with van der Waals surface area (Å²) in [6, 6.07) is 0. The van der Waals surface area contributed by atoms with Crippen LogP contribution in [-0.2, 0) is 19.6 Å². The van der Waals surface area contributed by atoms with Crippen molar-refractivity contribution < 1.29 is 36.4 Å². The first-order chi connectivity index (χ1) is 9.48. The van der Waals surface area contributed by atoms with Gasteiger partial charge in [0.15, 0.2) is 0 Å². The smallest absolute Gasteiger partial charge is 0.460 e. The van der Waals surface area contributed by atoms with Crippen LogP contribution in [0.4, 0.5) is 8.78 Å². The summed E-state index contributed by atoms with van der Waals surface area (Å²) in [6.07, 6.45) is 2.74. The molecule has 9 heteroatoms. The molecule has 4 saturated carbocycles.